The van der Waals surface area contributed by atoms with Gasteiger partial charge in [0.1, 0.15) is 0 Å². The van der Waals surface area contributed by atoms with Crippen molar-refractivity contribution in [1.29, 1.82) is 0 Å². The van der Waals surface area contributed by atoms with Crippen molar-refractivity contribution in [1.82, 2.24) is 5.32 Å². The van der Waals surface area contributed by atoms with Gasteiger partial charge in [0.25, 0.3) is 5.91 Å². The number of hydrogen-bond donors (Lipinski definition) is 1. The minimum Gasteiger partial charge on any atom is -0.345 e. The predicted octanol–water partition coefficient (Wildman–Crippen LogP) is 2.67. The largest absolute Gasteiger partial charge is 0.345 e. The zero-order chi connectivity index (χ0) is 13.8. The van der Waals surface area contributed by atoms with Gasteiger partial charge in [-0.1, -0.05) is 45.9 Å². The Balaban J connectivity index is 2.57. The lowest BCUT2D eigenvalue weighted by Gasteiger charge is -2.27. The number of benzene rings is 1. The van der Waals surface area contributed by atoms with Crippen molar-refractivity contribution in [2.24, 2.45) is 11.3 Å². The first-order valence-corrected chi connectivity index (χ1v) is 6.22. The van der Waals surface area contributed by atoms with E-state index in [2.05, 4.69) is 5.32 Å². The fourth-order valence-electron chi connectivity index (χ4n) is 1.40. The predicted molar refractivity (Wildman–Crippen MR) is 72.4 cm³/mol. The Morgan fingerprint density at radius 1 is 1.17 bits per heavy atom. The fraction of sp³-hybridized carbons (Fsp3) is 0.467. The molecular weight excluding hydrogens is 226 g/mol. The highest BCUT2D eigenvalue weighted by atomic mass is 16.2. The molecule has 1 amide bonds. The van der Waals surface area contributed by atoms with E-state index in [-0.39, 0.29) is 24.2 Å². The summed E-state index contributed by atoms with van der Waals surface area (Å²) in [7, 11) is 0. The molecule has 0 aliphatic carbocycles. The van der Waals surface area contributed by atoms with E-state index in [1.807, 2.05) is 33.8 Å². The molecule has 0 radical (unpaired) electrons. The normalized spacial score (nSPS) is 11.4. The van der Waals surface area contributed by atoms with Gasteiger partial charge in [-0.15, -0.1) is 0 Å². The fourth-order valence-corrected chi connectivity index (χ4v) is 1.40. The molecule has 3 heteroatoms. The van der Waals surface area contributed by atoms with Crippen molar-refractivity contribution in [3.05, 3.63) is 35.9 Å². The van der Waals surface area contributed by atoms with Crippen LogP contribution in [0.15, 0.2) is 30.3 Å². The highest BCUT2D eigenvalue weighted by Crippen LogP contribution is 2.26. The van der Waals surface area contributed by atoms with Crippen molar-refractivity contribution in [3.63, 3.8) is 0 Å². The van der Waals surface area contributed by atoms with Gasteiger partial charge in [-0.05, 0) is 18.1 Å². The quantitative estimate of drug-likeness (QED) is 0.869. The molecule has 18 heavy (non-hydrogen) atoms. The zero-order valence-corrected chi connectivity index (χ0v) is 11.5. The van der Waals surface area contributed by atoms with E-state index >= 15 is 0 Å². The second-order valence-electron chi connectivity index (χ2n) is 5.35. The number of rotatable bonds is 5. The van der Waals surface area contributed by atoms with Gasteiger partial charge >= 0.3 is 0 Å². The molecule has 3 nitrogen and oxygen atoms in total. The number of hydrogen-bond acceptors (Lipinski definition) is 2. The van der Waals surface area contributed by atoms with E-state index in [0.29, 0.717) is 5.56 Å². The number of ketones is 1. The number of carbonyl (C=O) groups excluding carboxylic acids is 2. The van der Waals surface area contributed by atoms with Crippen molar-refractivity contribution in [2.75, 3.05) is 6.54 Å². The average Bonchev–Trinajstić information content (AvgIpc) is 2.36. The summed E-state index contributed by atoms with van der Waals surface area (Å²) < 4.78 is 0. The highest BCUT2D eigenvalue weighted by Gasteiger charge is 2.30. The molecule has 1 rings (SSSR count). The third-order valence-corrected chi connectivity index (χ3v) is 3.61. The minimum absolute atomic E-state index is 0.0572. The number of nitrogens with one attached hydrogen (secondary N) is 1. The maximum absolute atomic E-state index is 12.0. The Labute approximate surface area is 109 Å². The first kappa shape index (κ1) is 14.4. The third kappa shape index (κ3) is 3.42. The first-order valence-electron chi connectivity index (χ1n) is 6.22. The lowest BCUT2D eigenvalue weighted by atomic mass is 9.77. The molecule has 0 aliphatic heterocycles. The third-order valence-electron chi connectivity index (χ3n) is 3.61. The number of amides is 1. The van der Waals surface area contributed by atoms with Crippen LogP contribution in [0, 0.1) is 11.3 Å². The van der Waals surface area contributed by atoms with Gasteiger partial charge in [-0.2, -0.15) is 0 Å². The Morgan fingerprint density at radius 3 is 2.22 bits per heavy atom. The molecular formula is C15H21NO2. The molecule has 0 bridgehead atoms. The summed E-state index contributed by atoms with van der Waals surface area (Å²) >= 11 is 0. The molecule has 0 atom stereocenters. The van der Waals surface area contributed by atoms with Gasteiger partial charge < -0.3 is 5.32 Å². The Bertz CT molecular complexity index is 421. The number of carbonyl (C=O) groups is 2. The van der Waals surface area contributed by atoms with E-state index in [4.69, 9.17) is 0 Å². The summed E-state index contributed by atoms with van der Waals surface area (Å²) in [6.45, 7) is 7.93. The summed E-state index contributed by atoms with van der Waals surface area (Å²) in [4.78, 5) is 23.8. The van der Waals surface area contributed by atoms with Gasteiger partial charge in [-0.3, -0.25) is 9.59 Å². The van der Waals surface area contributed by atoms with Gasteiger partial charge in [0, 0.05) is 11.0 Å². The average molecular weight is 247 g/mol. The molecule has 0 heterocycles. The highest BCUT2D eigenvalue weighted by molar-refractivity contribution is 5.97. The van der Waals surface area contributed by atoms with E-state index in [1.165, 1.54) is 0 Å². The van der Waals surface area contributed by atoms with Crippen molar-refractivity contribution in [2.45, 2.75) is 27.7 Å². The molecule has 98 valence electrons. The van der Waals surface area contributed by atoms with Crippen molar-refractivity contribution >= 4 is 11.7 Å². The molecule has 0 fully saturated rings. The van der Waals surface area contributed by atoms with E-state index in [9.17, 15) is 9.59 Å². The smallest absolute Gasteiger partial charge is 0.251 e. The zero-order valence-electron chi connectivity index (χ0n) is 11.5. The molecule has 1 N–H and O–H groups in total. The minimum atomic E-state index is -0.413. The topological polar surface area (TPSA) is 46.2 Å². The van der Waals surface area contributed by atoms with Crippen LogP contribution in [0.4, 0.5) is 0 Å². The van der Waals surface area contributed by atoms with E-state index in [0.717, 1.165) is 0 Å². The second kappa shape index (κ2) is 5.80. The van der Waals surface area contributed by atoms with Crippen LogP contribution < -0.4 is 5.32 Å². The van der Waals surface area contributed by atoms with Gasteiger partial charge in [0.15, 0.2) is 5.78 Å². The summed E-state index contributed by atoms with van der Waals surface area (Å²) in [5.41, 5.74) is 0.164. The van der Waals surface area contributed by atoms with Crippen molar-refractivity contribution in [3.8, 4) is 0 Å². The van der Waals surface area contributed by atoms with Crippen LogP contribution in [0.3, 0.4) is 0 Å². The summed E-state index contributed by atoms with van der Waals surface area (Å²) in [5, 5.41) is 2.67. The first-order chi connectivity index (χ1) is 8.35. The van der Waals surface area contributed by atoms with Crippen LogP contribution in [-0.2, 0) is 4.79 Å². The van der Waals surface area contributed by atoms with E-state index < -0.39 is 5.41 Å². The van der Waals surface area contributed by atoms with Crippen LogP contribution in [0.1, 0.15) is 38.1 Å². The maximum Gasteiger partial charge on any atom is 0.251 e. The molecule has 0 spiro atoms. The van der Waals surface area contributed by atoms with Crippen LogP contribution in [-0.4, -0.2) is 18.2 Å². The summed E-state index contributed by atoms with van der Waals surface area (Å²) in [6.07, 6.45) is 0. The van der Waals surface area contributed by atoms with Gasteiger partial charge in [0.2, 0.25) is 0 Å². The molecule has 1 aromatic carbocycles. The van der Waals surface area contributed by atoms with Crippen molar-refractivity contribution < 1.29 is 9.59 Å². The molecule has 0 aromatic heterocycles. The molecule has 0 unspecified atom stereocenters. The van der Waals surface area contributed by atoms with Gasteiger partial charge in [0.05, 0.1) is 6.54 Å². The second-order valence-corrected chi connectivity index (χ2v) is 5.35. The van der Waals surface area contributed by atoms with Gasteiger partial charge in [-0.25, -0.2) is 0 Å². The maximum atomic E-state index is 12.0. The van der Waals surface area contributed by atoms with E-state index in [1.54, 1.807) is 24.3 Å². The van der Waals surface area contributed by atoms with Crippen LogP contribution in [0.2, 0.25) is 0 Å². The monoisotopic (exact) mass is 247 g/mol. The Hall–Kier alpha value is -1.64. The molecule has 0 aliphatic rings. The summed E-state index contributed by atoms with van der Waals surface area (Å²) in [5.74, 6) is 0.101. The van der Waals surface area contributed by atoms with Crippen LogP contribution >= 0.6 is 0 Å². The molecule has 1 aromatic rings. The molecule has 0 saturated carbocycles. The molecule has 0 saturated heterocycles. The standard InChI is InChI=1S/C15H21NO2/c1-11(2)15(3,4)13(17)10-16-14(18)12-8-6-5-7-9-12/h5-9,11H,10H2,1-4H3,(H,16,18). The number of Topliss-reactive ketones (excluding diaryl/α,β-unsaturated/α-hetero) is 1. The lowest BCUT2D eigenvalue weighted by Crippen LogP contribution is -2.39. The Kier molecular flexibility index (Phi) is 4.65. The lowest BCUT2D eigenvalue weighted by molar-refractivity contribution is -0.128. The summed E-state index contributed by atoms with van der Waals surface area (Å²) in [6, 6.07) is 8.91. The Morgan fingerprint density at radius 2 is 1.72 bits per heavy atom. The van der Waals surface area contributed by atoms with Crippen LogP contribution in [0.25, 0.3) is 0 Å². The van der Waals surface area contributed by atoms with Crippen LogP contribution in [0.5, 0.6) is 0 Å². The SMILES string of the molecule is CC(C)C(C)(C)C(=O)CNC(=O)c1ccccc1.